The number of likely N-dealkylation sites (tertiary alicyclic amines) is 1. The molecule has 2 heterocycles. The Hall–Kier alpha value is -0.0151. The molecule has 60 valence electrons. The first-order valence-corrected chi connectivity index (χ1v) is 4.47. The van der Waals surface area contributed by atoms with Gasteiger partial charge in [0.1, 0.15) is 0 Å². The van der Waals surface area contributed by atoms with Crippen LogP contribution in [0.3, 0.4) is 0 Å². The first-order chi connectivity index (χ1) is 5.27. The van der Waals surface area contributed by atoms with Gasteiger partial charge in [0.05, 0.1) is 0 Å². The molecular formula is C8H15BN2. The molecule has 2 saturated heterocycles. The zero-order chi connectivity index (χ0) is 7.84. The smallest absolute Gasteiger partial charge is 0.182 e. The van der Waals surface area contributed by atoms with Crippen molar-refractivity contribution in [2.75, 3.05) is 26.7 Å². The lowest BCUT2D eigenvalue weighted by Gasteiger charge is -2.33. The lowest BCUT2D eigenvalue weighted by Crippen LogP contribution is -2.42. The Kier molecular flexibility index (Phi) is 1.94. The van der Waals surface area contributed by atoms with Crippen LogP contribution in [0.1, 0.15) is 12.8 Å². The Morgan fingerprint density at radius 3 is 2.91 bits per heavy atom. The second-order valence-electron chi connectivity index (χ2n) is 3.90. The number of rotatable bonds is 0. The van der Waals surface area contributed by atoms with Crippen LogP contribution < -0.4 is 0 Å². The van der Waals surface area contributed by atoms with Crippen LogP contribution in [0, 0.1) is 5.92 Å². The summed E-state index contributed by atoms with van der Waals surface area (Å²) in [6.45, 7) is 3.44. The van der Waals surface area contributed by atoms with Crippen molar-refractivity contribution in [3.63, 3.8) is 0 Å². The molecule has 2 aliphatic rings. The van der Waals surface area contributed by atoms with Crippen LogP contribution in [0.5, 0.6) is 0 Å². The van der Waals surface area contributed by atoms with Gasteiger partial charge in [0.25, 0.3) is 0 Å². The molecular weight excluding hydrogens is 135 g/mol. The minimum absolute atomic E-state index is 0.744. The number of nitrogens with zero attached hydrogens (tertiary/aromatic N) is 2. The van der Waals surface area contributed by atoms with Crippen LogP contribution in [0.25, 0.3) is 0 Å². The summed E-state index contributed by atoms with van der Waals surface area (Å²) < 4.78 is 0. The molecule has 0 N–H and O–H groups in total. The van der Waals surface area contributed by atoms with E-state index in [0.29, 0.717) is 0 Å². The van der Waals surface area contributed by atoms with Crippen LogP contribution in [0.15, 0.2) is 0 Å². The van der Waals surface area contributed by atoms with E-state index in [2.05, 4.69) is 11.9 Å². The summed E-state index contributed by atoms with van der Waals surface area (Å²) in [6.07, 6.45) is 2.73. The topological polar surface area (TPSA) is 6.48 Å². The fraction of sp³-hybridized carbons (Fsp3) is 1.00. The summed E-state index contributed by atoms with van der Waals surface area (Å²) in [4.78, 5) is 4.43. The summed E-state index contributed by atoms with van der Waals surface area (Å²) >= 11 is 0. The van der Waals surface area contributed by atoms with Crippen molar-refractivity contribution < 1.29 is 0 Å². The van der Waals surface area contributed by atoms with Gasteiger partial charge in [0.2, 0.25) is 0 Å². The molecule has 11 heavy (non-hydrogen) atoms. The van der Waals surface area contributed by atoms with Crippen LogP contribution >= 0.6 is 0 Å². The molecule has 2 atom stereocenters. The van der Waals surface area contributed by atoms with E-state index < -0.39 is 0 Å². The molecule has 0 amide bonds. The standard InChI is InChI=1S/C8H15BN2/c1-10-4-2-3-7-5-11(9)6-8(7)10/h7-8H,2-6H2,1H3/t7-,8+/m0/s1. The molecule has 2 rings (SSSR count). The number of fused-ring (bicyclic) bond motifs is 1. The molecule has 0 unspecified atom stereocenters. The molecule has 2 radical (unpaired) electrons. The predicted octanol–water partition coefficient (Wildman–Crippen LogP) is 0.0959. The predicted molar refractivity (Wildman–Crippen MR) is 46.5 cm³/mol. The average molecular weight is 150 g/mol. The van der Waals surface area contributed by atoms with Crippen LogP contribution in [-0.4, -0.2) is 50.4 Å². The highest BCUT2D eigenvalue weighted by Crippen LogP contribution is 2.28. The van der Waals surface area contributed by atoms with Gasteiger partial charge in [-0.25, -0.2) is 0 Å². The van der Waals surface area contributed by atoms with Crippen LogP contribution in [0.4, 0.5) is 0 Å². The first kappa shape index (κ1) is 7.62. The van der Waals surface area contributed by atoms with Gasteiger partial charge in [0.15, 0.2) is 7.98 Å². The van der Waals surface area contributed by atoms with E-state index in [1.54, 1.807) is 0 Å². The van der Waals surface area contributed by atoms with Gasteiger partial charge in [-0.2, -0.15) is 0 Å². The van der Waals surface area contributed by atoms with Gasteiger partial charge in [-0.05, 0) is 38.9 Å². The van der Waals surface area contributed by atoms with Crippen molar-refractivity contribution >= 4 is 7.98 Å². The minimum atomic E-state index is 0.744. The highest BCUT2D eigenvalue weighted by atomic mass is 15.2. The summed E-state index contributed by atoms with van der Waals surface area (Å²) in [6, 6.07) is 0.744. The molecule has 0 saturated carbocycles. The summed E-state index contributed by atoms with van der Waals surface area (Å²) in [5.41, 5.74) is 0. The quantitative estimate of drug-likeness (QED) is 0.451. The number of hydrogen-bond donors (Lipinski definition) is 0. The van der Waals surface area contributed by atoms with Crippen molar-refractivity contribution in [1.82, 2.24) is 9.71 Å². The second kappa shape index (κ2) is 2.79. The molecule has 3 heteroatoms. The molecule has 2 aliphatic heterocycles. The highest BCUT2D eigenvalue weighted by Gasteiger charge is 2.35. The Labute approximate surface area is 70.0 Å². The van der Waals surface area contributed by atoms with E-state index in [0.717, 1.165) is 25.0 Å². The maximum absolute atomic E-state index is 5.76. The van der Waals surface area contributed by atoms with E-state index in [1.807, 2.05) is 4.81 Å². The second-order valence-corrected chi connectivity index (χ2v) is 3.90. The van der Waals surface area contributed by atoms with Gasteiger partial charge >= 0.3 is 0 Å². The lowest BCUT2D eigenvalue weighted by molar-refractivity contribution is 0.157. The average Bonchev–Trinajstić information content (AvgIpc) is 2.31. The number of piperidine rings is 1. The van der Waals surface area contributed by atoms with Crippen molar-refractivity contribution in [2.45, 2.75) is 18.9 Å². The molecule has 0 aliphatic carbocycles. The number of likely N-dealkylation sites (N-methyl/N-ethyl adjacent to an activating group) is 1. The third kappa shape index (κ3) is 1.32. The third-order valence-corrected chi connectivity index (χ3v) is 3.09. The molecule has 0 aromatic rings. The molecule has 0 spiro atoms. The van der Waals surface area contributed by atoms with Gasteiger partial charge < -0.3 is 9.71 Å². The Bertz CT molecular complexity index is 151. The maximum Gasteiger partial charge on any atom is 0.182 e. The van der Waals surface area contributed by atoms with Gasteiger partial charge in [-0.15, -0.1) is 0 Å². The summed E-state index contributed by atoms with van der Waals surface area (Å²) in [5.74, 6) is 0.846. The SMILES string of the molecule is [B]N1C[C@@H]2CCCN(C)[C@@H]2C1. The van der Waals surface area contributed by atoms with Crippen LogP contribution in [-0.2, 0) is 0 Å². The third-order valence-electron chi connectivity index (χ3n) is 3.09. The largest absolute Gasteiger partial charge is 0.352 e. The first-order valence-electron chi connectivity index (χ1n) is 4.47. The fourth-order valence-electron chi connectivity index (χ4n) is 2.44. The normalized spacial score (nSPS) is 40.8. The summed E-state index contributed by atoms with van der Waals surface area (Å²) in [5, 5.41) is 0. The highest BCUT2D eigenvalue weighted by molar-refractivity contribution is 6.04. The van der Waals surface area contributed by atoms with E-state index in [1.165, 1.54) is 19.4 Å². The number of hydrogen-bond acceptors (Lipinski definition) is 2. The monoisotopic (exact) mass is 150 g/mol. The molecule has 2 nitrogen and oxygen atoms in total. The molecule has 2 fully saturated rings. The van der Waals surface area contributed by atoms with Crippen molar-refractivity contribution in [3.8, 4) is 0 Å². The van der Waals surface area contributed by atoms with E-state index in [9.17, 15) is 0 Å². The van der Waals surface area contributed by atoms with Crippen LogP contribution in [0.2, 0.25) is 0 Å². The maximum atomic E-state index is 5.76. The van der Waals surface area contributed by atoms with Gasteiger partial charge in [-0.1, -0.05) is 0 Å². The lowest BCUT2D eigenvalue weighted by atomic mass is 9.93. The minimum Gasteiger partial charge on any atom is -0.352 e. The Morgan fingerprint density at radius 2 is 2.18 bits per heavy atom. The van der Waals surface area contributed by atoms with E-state index in [-0.39, 0.29) is 0 Å². The summed E-state index contributed by atoms with van der Waals surface area (Å²) in [7, 11) is 7.98. The van der Waals surface area contributed by atoms with Crippen molar-refractivity contribution in [2.24, 2.45) is 5.92 Å². The molecule has 0 bridgehead atoms. The van der Waals surface area contributed by atoms with Gasteiger partial charge in [-0.3, -0.25) is 0 Å². The van der Waals surface area contributed by atoms with Crippen molar-refractivity contribution in [3.05, 3.63) is 0 Å². The van der Waals surface area contributed by atoms with Crippen molar-refractivity contribution in [1.29, 1.82) is 0 Å². The fourth-order valence-corrected chi connectivity index (χ4v) is 2.44. The Morgan fingerprint density at radius 1 is 1.36 bits per heavy atom. The molecule has 0 aromatic heterocycles. The van der Waals surface area contributed by atoms with E-state index >= 15 is 0 Å². The molecule has 0 aromatic carbocycles. The van der Waals surface area contributed by atoms with Gasteiger partial charge in [0, 0.05) is 12.6 Å². The Balaban J connectivity index is 2.03. The zero-order valence-corrected chi connectivity index (χ0v) is 7.16. The van der Waals surface area contributed by atoms with E-state index in [4.69, 9.17) is 7.98 Å². The zero-order valence-electron chi connectivity index (χ0n) is 7.16.